The summed E-state index contributed by atoms with van der Waals surface area (Å²) in [5, 5.41) is 2.76. The Morgan fingerprint density at radius 2 is 2.25 bits per heavy atom. The molecule has 0 heterocycles. The Hall–Kier alpha value is -1.55. The van der Waals surface area contributed by atoms with Gasteiger partial charge in [0.25, 0.3) is 0 Å². The first-order valence-corrected chi connectivity index (χ1v) is 5.35. The van der Waals surface area contributed by atoms with Crippen molar-refractivity contribution >= 4 is 17.3 Å². The second-order valence-corrected chi connectivity index (χ2v) is 3.84. The van der Waals surface area contributed by atoms with Gasteiger partial charge in [0.1, 0.15) is 0 Å². The number of rotatable bonds is 5. The molecule has 0 aliphatic heterocycles. The summed E-state index contributed by atoms with van der Waals surface area (Å²) in [6, 6.07) is 7.10. The van der Waals surface area contributed by atoms with E-state index in [0.717, 1.165) is 5.69 Å². The van der Waals surface area contributed by atoms with E-state index >= 15 is 0 Å². The molecule has 0 aromatic heterocycles. The molecule has 0 saturated carbocycles. The third-order valence-corrected chi connectivity index (χ3v) is 1.95. The highest BCUT2D eigenvalue weighted by Crippen LogP contribution is 2.11. The van der Waals surface area contributed by atoms with Crippen LogP contribution in [0.25, 0.3) is 0 Å². The molecule has 0 radical (unpaired) electrons. The Morgan fingerprint density at radius 1 is 1.50 bits per heavy atom. The molecule has 0 saturated heterocycles. The number of hydrogen-bond acceptors (Lipinski definition) is 3. The van der Waals surface area contributed by atoms with E-state index in [9.17, 15) is 4.79 Å². The number of benzene rings is 1. The van der Waals surface area contributed by atoms with Crippen molar-refractivity contribution in [3.8, 4) is 0 Å². The molecule has 1 amide bonds. The maximum absolute atomic E-state index is 11.5. The fraction of sp³-hybridized carbons (Fsp3) is 0.417. The first-order chi connectivity index (χ1) is 7.58. The zero-order chi connectivity index (χ0) is 12.0. The van der Waals surface area contributed by atoms with Gasteiger partial charge in [-0.05, 0) is 32.0 Å². The van der Waals surface area contributed by atoms with Crippen molar-refractivity contribution in [2.75, 3.05) is 17.7 Å². The molecule has 0 bridgehead atoms. The van der Waals surface area contributed by atoms with Gasteiger partial charge in [-0.3, -0.25) is 4.79 Å². The van der Waals surface area contributed by atoms with Crippen LogP contribution in [0.1, 0.15) is 20.3 Å². The van der Waals surface area contributed by atoms with Crippen LogP contribution in [0.15, 0.2) is 24.3 Å². The lowest BCUT2D eigenvalue weighted by atomic mass is 10.3. The summed E-state index contributed by atoms with van der Waals surface area (Å²) in [5.41, 5.74) is 6.95. The van der Waals surface area contributed by atoms with Gasteiger partial charge in [-0.2, -0.15) is 0 Å². The van der Waals surface area contributed by atoms with E-state index in [0.29, 0.717) is 18.7 Å². The summed E-state index contributed by atoms with van der Waals surface area (Å²) < 4.78 is 5.29. The number of nitrogen functional groups attached to an aromatic ring is 1. The highest BCUT2D eigenvalue weighted by atomic mass is 16.5. The molecule has 16 heavy (non-hydrogen) atoms. The smallest absolute Gasteiger partial charge is 0.226 e. The van der Waals surface area contributed by atoms with Gasteiger partial charge in [0, 0.05) is 11.4 Å². The first-order valence-electron chi connectivity index (χ1n) is 5.35. The minimum absolute atomic E-state index is 0.0637. The first kappa shape index (κ1) is 12.5. The molecule has 1 aromatic rings. The number of nitrogens with two attached hydrogens (primary N) is 1. The van der Waals surface area contributed by atoms with E-state index in [1.54, 1.807) is 24.3 Å². The third kappa shape index (κ3) is 4.79. The van der Waals surface area contributed by atoms with Crippen molar-refractivity contribution in [3.05, 3.63) is 24.3 Å². The lowest BCUT2D eigenvalue weighted by Gasteiger charge is -2.08. The van der Waals surface area contributed by atoms with Crippen LogP contribution in [0.4, 0.5) is 11.4 Å². The molecule has 0 unspecified atom stereocenters. The van der Waals surface area contributed by atoms with Gasteiger partial charge in [-0.25, -0.2) is 0 Å². The van der Waals surface area contributed by atoms with Gasteiger partial charge in [-0.15, -0.1) is 0 Å². The lowest BCUT2D eigenvalue weighted by molar-refractivity contribution is -0.117. The van der Waals surface area contributed by atoms with Crippen molar-refractivity contribution in [3.63, 3.8) is 0 Å². The third-order valence-electron chi connectivity index (χ3n) is 1.95. The molecule has 4 heteroatoms. The van der Waals surface area contributed by atoms with Crippen molar-refractivity contribution in [2.24, 2.45) is 0 Å². The molecule has 0 aliphatic carbocycles. The summed E-state index contributed by atoms with van der Waals surface area (Å²) in [6.07, 6.45) is 0.507. The number of nitrogens with one attached hydrogen (secondary N) is 1. The van der Waals surface area contributed by atoms with Gasteiger partial charge >= 0.3 is 0 Å². The second-order valence-electron chi connectivity index (χ2n) is 3.84. The van der Waals surface area contributed by atoms with E-state index in [1.165, 1.54) is 0 Å². The summed E-state index contributed by atoms with van der Waals surface area (Å²) in [7, 11) is 0. The van der Waals surface area contributed by atoms with Crippen LogP contribution in [-0.2, 0) is 9.53 Å². The van der Waals surface area contributed by atoms with Gasteiger partial charge in [0.15, 0.2) is 0 Å². The van der Waals surface area contributed by atoms with Gasteiger partial charge < -0.3 is 15.8 Å². The maximum atomic E-state index is 11.5. The number of amides is 1. The SMILES string of the molecule is CC(C)OCCC(=O)Nc1cccc(N)c1. The van der Waals surface area contributed by atoms with Crippen LogP contribution >= 0.6 is 0 Å². The topological polar surface area (TPSA) is 64.3 Å². The van der Waals surface area contributed by atoms with Crippen LogP contribution in [-0.4, -0.2) is 18.6 Å². The van der Waals surface area contributed by atoms with E-state index in [1.807, 2.05) is 13.8 Å². The summed E-state index contributed by atoms with van der Waals surface area (Å²) >= 11 is 0. The van der Waals surface area contributed by atoms with Gasteiger partial charge in [0.05, 0.1) is 19.1 Å². The van der Waals surface area contributed by atoms with Crippen molar-refractivity contribution in [2.45, 2.75) is 26.4 Å². The number of ether oxygens (including phenoxy) is 1. The standard InChI is InChI=1S/C12H18N2O2/c1-9(2)16-7-6-12(15)14-11-5-3-4-10(13)8-11/h3-5,8-9H,6-7,13H2,1-2H3,(H,14,15). The van der Waals surface area contributed by atoms with Crippen LogP contribution in [0.5, 0.6) is 0 Å². The highest BCUT2D eigenvalue weighted by Gasteiger charge is 2.03. The van der Waals surface area contributed by atoms with E-state index in [2.05, 4.69) is 5.32 Å². The molecule has 0 spiro atoms. The molecule has 3 N–H and O–H groups in total. The summed E-state index contributed by atoms with van der Waals surface area (Å²) in [4.78, 5) is 11.5. The minimum Gasteiger partial charge on any atom is -0.399 e. The summed E-state index contributed by atoms with van der Waals surface area (Å²) in [6.45, 7) is 4.32. The Kier molecular flexibility index (Phi) is 4.79. The van der Waals surface area contributed by atoms with Crippen molar-refractivity contribution < 1.29 is 9.53 Å². The van der Waals surface area contributed by atoms with Crippen LogP contribution in [0.2, 0.25) is 0 Å². The van der Waals surface area contributed by atoms with Crippen LogP contribution in [0, 0.1) is 0 Å². The van der Waals surface area contributed by atoms with Gasteiger partial charge in [0.2, 0.25) is 5.91 Å². The quantitative estimate of drug-likeness (QED) is 0.749. The monoisotopic (exact) mass is 222 g/mol. The predicted molar refractivity (Wildman–Crippen MR) is 65.2 cm³/mol. The number of hydrogen-bond donors (Lipinski definition) is 2. The molecule has 4 nitrogen and oxygen atoms in total. The summed E-state index contributed by atoms with van der Waals surface area (Å²) in [5.74, 6) is -0.0637. The number of anilines is 2. The Labute approximate surface area is 95.8 Å². The molecule has 1 aromatic carbocycles. The second kappa shape index (κ2) is 6.12. The largest absolute Gasteiger partial charge is 0.399 e. The average Bonchev–Trinajstić information content (AvgIpc) is 2.16. The van der Waals surface area contributed by atoms with E-state index in [-0.39, 0.29) is 12.0 Å². The molecule has 88 valence electrons. The molecule has 1 rings (SSSR count). The van der Waals surface area contributed by atoms with E-state index in [4.69, 9.17) is 10.5 Å². The number of carbonyl (C=O) groups excluding carboxylic acids is 1. The fourth-order valence-electron chi connectivity index (χ4n) is 1.23. The number of carbonyl (C=O) groups is 1. The van der Waals surface area contributed by atoms with Crippen molar-refractivity contribution in [1.82, 2.24) is 0 Å². The molecular weight excluding hydrogens is 204 g/mol. The maximum Gasteiger partial charge on any atom is 0.226 e. The lowest BCUT2D eigenvalue weighted by Crippen LogP contribution is -2.15. The Bertz CT molecular complexity index is 351. The van der Waals surface area contributed by atoms with E-state index < -0.39 is 0 Å². The Morgan fingerprint density at radius 3 is 2.88 bits per heavy atom. The average molecular weight is 222 g/mol. The fourth-order valence-corrected chi connectivity index (χ4v) is 1.23. The predicted octanol–water partition coefficient (Wildman–Crippen LogP) is 2.02. The molecule has 0 fully saturated rings. The molecule has 0 atom stereocenters. The molecule has 0 aliphatic rings. The van der Waals surface area contributed by atoms with Crippen LogP contribution in [0.3, 0.4) is 0 Å². The molecular formula is C12H18N2O2. The zero-order valence-corrected chi connectivity index (χ0v) is 9.69. The Balaban J connectivity index is 2.34. The highest BCUT2D eigenvalue weighted by molar-refractivity contribution is 5.91. The minimum atomic E-state index is -0.0637. The zero-order valence-electron chi connectivity index (χ0n) is 9.69. The van der Waals surface area contributed by atoms with Crippen molar-refractivity contribution in [1.29, 1.82) is 0 Å². The van der Waals surface area contributed by atoms with Crippen LogP contribution < -0.4 is 11.1 Å². The van der Waals surface area contributed by atoms with Gasteiger partial charge in [-0.1, -0.05) is 6.07 Å². The normalized spacial score (nSPS) is 10.4.